The third-order valence-electron chi connectivity index (χ3n) is 3.48. The number of hydrogen-bond donors (Lipinski definition) is 2. The van der Waals surface area contributed by atoms with Crippen molar-refractivity contribution in [2.45, 2.75) is 0 Å². The molecule has 2 N–H and O–H groups in total. The minimum absolute atomic E-state index is 0.0826. The molecule has 0 bridgehead atoms. The predicted molar refractivity (Wildman–Crippen MR) is 93.2 cm³/mol. The first-order chi connectivity index (χ1) is 12.8. The van der Waals surface area contributed by atoms with Crippen molar-refractivity contribution in [2.24, 2.45) is 0 Å². The molecule has 1 heterocycles. The average Bonchev–Trinajstić information content (AvgIpc) is 2.65. The third-order valence-corrected chi connectivity index (χ3v) is 3.77. The van der Waals surface area contributed by atoms with Gasteiger partial charge in [-0.1, -0.05) is 11.6 Å². The Hall–Kier alpha value is -3.13. The van der Waals surface area contributed by atoms with Crippen molar-refractivity contribution in [1.82, 2.24) is 4.98 Å². The Labute approximate surface area is 155 Å². The number of anilines is 3. The zero-order chi connectivity index (χ0) is 19.6. The average molecular weight is 396 g/mol. The summed E-state index contributed by atoms with van der Waals surface area (Å²) in [7, 11) is 0. The van der Waals surface area contributed by atoms with Gasteiger partial charge in [0.2, 0.25) is 0 Å². The largest absolute Gasteiger partial charge is 0.355 e. The van der Waals surface area contributed by atoms with Crippen molar-refractivity contribution in [3.05, 3.63) is 82.6 Å². The molecule has 0 saturated carbocycles. The summed E-state index contributed by atoms with van der Waals surface area (Å²) in [5, 5.41) is 4.94. The molecule has 9 heteroatoms. The van der Waals surface area contributed by atoms with Crippen LogP contribution in [0.15, 0.2) is 48.7 Å². The zero-order valence-electron chi connectivity index (χ0n) is 13.4. The van der Waals surface area contributed by atoms with Gasteiger partial charge in [-0.3, -0.25) is 9.78 Å². The molecular formula is C18H10ClF4N3O. The number of aromatic nitrogens is 1. The molecule has 0 aliphatic heterocycles. The van der Waals surface area contributed by atoms with Gasteiger partial charge in [0.15, 0.2) is 17.5 Å². The zero-order valence-corrected chi connectivity index (χ0v) is 14.1. The van der Waals surface area contributed by atoms with Crippen LogP contribution in [0.1, 0.15) is 10.5 Å². The summed E-state index contributed by atoms with van der Waals surface area (Å²) in [5.41, 5.74) is 0.246. The summed E-state index contributed by atoms with van der Waals surface area (Å²) in [6.45, 7) is 0. The second-order valence-electron chi connectivity index (χ2n) is 5.36. The van der Waals surface area contributed by atoms with Crippen LogP contribution in [-0.2, 0) is 0 Å². The van der Waals surface area contributed by atoms with Gasteiger partial charge in [0.1, 0.15) is 11.5 Å². The number of benzene rings is 2. The van der Waals surface area contributed by atoms with E-state index in [0.29, 0.717) is 17.4 Å². The molecule has 138 valence electrons. The lowest BCUT2D eigenvalue weighted by Crippen LogP contribution is -2.15. The monoisotopic (exact) mass is 395 g/mol. The van der Waals surface area contributed by atoms with Crippen molar-refractivity contribution in [1.29, 1.82) is 0 Å². The van der Waals surface area contributed by atoms with Crippen molar-refractivity contribution in [3.8, 4) is 0 Å². The van der Waals surface area contributed by atoms with Crippen LogP contribution in [0.5, 0.6) is 0 Å². The molecular weight excluding hydrogens is 386 g/mol. The lowest BCUT2D eigenvalue weighted by Gasteiger charge is -2.10. The maximum Gasteiger partial charge on any atom is 0.274 e. The molecule has 0 spiro atoms. The summed E-state index contributed by atoms with van der Waals surface area (Å²) in [6.07, 6.45) is 1.31. The molecule has 0 aliphatic rings. The van der Waals surface area contributed by atoms with Gasteiger partial charge in [-0.15, -0.1) is 0 Å². The van der Waals surface area contributed by atoms with Crippen molar-refractivity contribution in [2.75, 3.05) is 10.6 Å². The van der Waals surface area contributed by atoms with Crippen LogP contribution in [0.25, 0.3) is 0 Å². The van der Waals surface area contributed by atoms with E-state index in [4.69, 9.17) is 11.6 Å². The molecule has 0 atom stereocenters. The summed E-state index contributed by atoms with van der Waals surface area (Å²) >= 11 is 5.71. The van der Waals surface area contributed by atoms with E-state index in [2.05, 4.69) is 15.6 Å². The molecule has 4 nitrogen and oxygen atoms in total. The predicted octanol–water partition coefficient (Wildman–Crippen LogP) is 5.29. The highest BCUT2D eigenvalue weighted by Gasteiger charge is 2.17. The van der Waals surface area contributed by atoms with E-state index >= 15 is 0 Å². The fraction of sp³-hybridized carbons (Fsp3) is 0. The normalized spacial score (nSPS) is 10.6. The molecule has 27 heavy (non-hydrogen) atoms. The second kappa shape index (κ2) is 7.63. The van der Waals surface area contributed by atoms with Gasteiger partial charge in [0.25, 0.3) is 5.91 Å². The summed E-state index contributed by atoms with van der Waals surface area (Å²) in [6, 6.07) is 8.43. The molecule has 2 aromatic carbocycles. The Bertz CT molecular complexity index is 1030. The van der Waals surface area contributed by atoms with E-state index in [9.17, 15) is 22.4 Å². The Kier molecular flexibility index (Phi) is 5.27. The molecule has 3 rings (SSSR count). The van der Waals surface area contributed by atoms with E-state index < -0.39 is 34.9 Å². The number of nitrogens with zero attached hydrogens (tertiary/aromatic N) is 1. The number of rotatable bonds is 4. The van der Waals surface area contributed by atoms with Gasteiger partial charge in [-0.25, -0.2) is 17.6 Å². The molecule has 0 fully saturated rings. The lowest BCUT2D eigenvalue weighted by atomic mass is 10.2. The molecule has 0 unspecified atom stereocenters. The quantitative estimate of drug-likeness (QED) is 0.466. The number of nitrogens with one attached hydrogen (secondary N) is 2. The van der Waals surface area contributed by atoms with Gasteiger partial charge < -0.3 is 10.6 Å². The van der Waals surface area contributed by atoms with Crippen molar-refractivity contribution in [3.63, 3.8) is 0 Å². The lowest BCUT2D eigenvalue weighted by molar-refractivity contribution is 0.102. The van der Waals surface area contributed by atoms with Crippen LogP contribution in [0, 0.1) is 23.3 Å². The summed E-state index contributed by atoms with van der Waals surface area (Å²) in [4.78, 5) is 16.1. The first-order valence-electron chi connectivity index (χ1n) is 7.48. The molecule has 1 aromatic heterocycles. The van der Waals surface area contributed by atoms with Crippen LogP contribution in [-0.4, -0.2) is 10.9 Å². The van der Waals surface area contributed by atoms with Gasteiger partial charge in [0.05, 0.1) is 10.7 Å². The number of pyridine rings is 1. The van der Waals surface area contributed by atoms with Crippen LogP contribution in [0.2, 0.25) is 5.02 Å². The molecule has 0 saturated heterocycles. The third kappa shape index (κ3) is 4.17. The summed E-state index contributed by atoms with van der Waals surface area (Å²) < 4.78 is 53.1. The van der Waals surface area contributed by atoms with Crippen molar-refractivity contribution >= 4 is 34.6 Å². The van der Waals surface area contributed by atoms with E-state index in [-0.39, 0.29) is 10.7 Å². The van der Waals surface area contributed by atoms with Crippen LogP contribution >= 0.6 is 11.6 Å². The van der Waals surface area contributed by atoms with E-state index in [1.807, 2.05) is 0 Å². The van der Waals surface area contributed by atoms with E-state index in [1.54, 1.807) is 0 Å². The molecule has 1 amide bonds. The number of carbonyl (C=O) groups is 1. The molecule has 3 aromatic rings. The number of halogens is 5. The Morgan fingerprint density at radius 2 is 1.59 bits per heavy atom. The molecule has 0 aliphatic carbocycles. The maximum absolute atomic E-state index is 13.7. The highest BCUT2D eigenvalue weighted by Crippen LogP contribution is 2.24. The fourth-order valence-electron chi connectivity index (χ4n) is 2.18. The van der Waals surface area contributed by atoms with Crippen LogP contribution < -0.4 is 10.6 Å². The van der Waals surface area contributed by atoms with Gasteiger partial charge in [-0.05, 0) is 42.5 Å². The maximum atomic E-state index is 13.7. The van der Waals surface area contributed by atoms with E-state index in [0.717, 1.165) is 6.07 Å². The van der Waals surface area contributed by atoms with E-state index in [1.165, 1.54) is 36.5 Å². The number of carbonyl (C=O) groups excluding carboxylic acids is 1. The smallest absolute Gasteiger partial charge is 0.274 e. The first kappa shape index (κ1) is 18.7. The second-order valence-corrected chi connectivity index (χ2v) is 5.77. The standard InChI is InChI=1S/C18H10ClF4N3O/c19-11-7-9(1-2-12(11)20)25-10-5-6-24-15(8-10)18(27)26-14-4-3-13(21)16(22)17(14)23/h1-8H,(H,24,25)(H,26,27). The van der Waals surface area contributed by atoms with Crippen LogP contribution in [0.3, 0.4) is 0 Å². The Balaban J connectivity index is 1.79. The van der Waals surface area contributed by atoms with Gasteiger partial charge in [0, 0.05) is 17.6 Å². The minimum Gasteiger partial charge on any atom is -0.355 e. The minimum atomic E-state index is -1.69. The van der Waals surface area contributed by atoms with Crippen molar-refractivity contribution < 1.29 is 22.4 Å². The highest BCUT2D eigenvalue weighted by molar-refractivity contribution is 6.31. The summed E-state index contributed by atoms with van der Waals surface area (Å²) in [5.74, 6) is -5.98. The van der Waals surface area contributed by atoms with Gasteiger partial charge in [-0.2, -0.15) is 0 Å². The highest BCUT2D eigenvalue weighted by atomic mass is 35.5. The number of amides is 1. The topological polar surface area (TPSA) is 54.0 Å². The fourth-order valence-corrected chi connectivity index (χ4v) is 2.36. The SMILES string of the molecule is O=C(Nc1ccc(F)c(F)c1F)c1cc(Nc2ccc(F)c(Cl)c2)ccn1. The first-order valence-corrected chi connectivity index (χ1v) is 7.86. The Morgan fingerprint density at radius 3 is 2.33 bits per heavy atom. The van der Waals surface area contributed by atoms with Gasteiger partial charge >= 0.3 is 0 Å². The van der Waals surface area contributed by atoms with Crippen LogP contribution in [0.4, 0.5) is 34.6 Å². The Morgan fingerprint density at radius 1 is 0.889 bits per heavy atom. The molecule has 0 radical (unpaired) electrons. The number of hydrogen-bond acceptors (Lipinski definition) is 3.